The number of hydrogen-bond donors (Lipinski definition) is 0. The number of esters is 1. The maximum absolute atomic E-state index is 13.2. The quantitative estimate of drug-likeness (QED) is 0.443. The zero-order valence-corrected chi connectivity index (χ0v) is 18.4. The van der Waals surface area contributed by atoms with Gasteiger partial charge in [0.1, 0.15) is 6.61 Å². The highest BCUT2D eigenvalue weighted by molar-refractivity contribution is 6.26. The summed E-state index contributed by atoms with van der Waals surface area (Å²) in [5, 5.41) is 1.57. The van der Waals surface area contributed by atoms with Crippen LogP contribution < -0.4 is 4.90 Å². The molecule has 3 aromatic carbocycles. The molecule has 7 nitrogen and oxygen atoms in total. The van der Waals surface area contributed by atoms with Crippen molar-refractivity contribution in [3.63, 3.8) is 0 Å². The molecule has 1 fully saturated rings. The van der Waals surface area contributed by atoms with Crippen LogP contribution in [-0.2, 0) is 9.47 Å². The van der Waals surface area contributed by atoms with Crippen LogP contribution in [0.15, 0.2) is 54.6 Å². The van der Waals surface area contributed by atoms with E-state index in [1.165, 1.54) is 0 Å². The molecule has 0 radical (unpaired) electrons. The Bertz CT molecular complexity index is 1240. The van der Waals surface area contributed by atoms with Gasteiger partial charge in [0.05, 0.1) is 25.3 Å². The first-order valence-electron chi connectivity index (χ1n) is 11.0. The minimum atomic E-state index is -0.478. The van der Waals surface area contributed by atoms with Gasteiger partial charge >= 0.3 is 5.97 Å². The molecule has 2 heterocycles. The molecule has 0 spiro atoms. The van der Waals surface area contributed by atoms with E-state index in [4.69, 9.17) is 9.47 Å². The number of anilines is 1. The first kappa shape index (κ1) is 21.2. The highest BCUT2D eigenvalue weighted by atomic mass is 16.5. The topological polar surface area (TPSA) is 76.2 Å². The van der Waals surface area contributed by atoms with Gasteiger partial charge in [0.2, 0.25) is 0 Å². The molecule has 1 saturated heterocycles. The molecule has 2 amide bonds. The molecule has 3 aromatic rings. The van der Waals surface area contributed by atoms with Crippen molar-refractivity contribution in [2.45, 2.75) is 6.92 Å². The summed E-state index contributed by atoms with van der Waals surface area (Å²) in [7, 11) is 0. The van der Waals surface area contributed by atoms with E-state index in [1.807, 2.05) is 31.2 Å². The fourth-order valence-corrected chi connectivity index (χ4v) is 4.50. The predicted molar refractivity (Wildman–Crippen MR) is 124 cm³/mol. The number of hydrogen-bond acceptors (Lipinski definition) is 6. The van der Waals surface area contributed by atoms with E-state index in [0.29, 0.717) is 35.3 Å². The molecular formula is C26H24N2O5. The van der Waals surface area contributed by atoms with Gasteiger partial charge in [0, 0.05) is 40.7 Å². The zero-order chi connectivity index (χ0) is 22.9. The average Bonchev–Trinajstić information content (AvgIpc) is 2.84. The van der Waals surface area contributed by atoms with E-state index in [1.54, 1.807) is 30.3 Å². The minimum Gasteiger partial charge on any atom is -0.460 e. The summed E-state index contributed by atoms with van der Waals surface area (Å²) < 4.78 is 10.8. The molecule has 33 heavy (non-hydrogen) atoms. The van der Waals surface area contributed by atoms with Crippen molar-refractivity contribution in [1.82, 2.24) is 4.90 Å². The summed E-state index contributed by atoms with van der Waals surface area (Å²) in [6, 6.07) is 16.4. The standard InChI is InChI=1S/C26H24N2O5/c1-17-4-2-5-18(16-17)26(31)33-15-12-28-24(29)20-7-3-6-19-22(27-10-13-32-14-11-27)9-8-21(23(19)20)25(28)30/h2-9,16H,10-15H2,1H3. The number of aryl methyl sites for hydroxylation is 1. The van der Waals surface area contributed by atoms with E-state index in [9.17, 15) is 14.4 Å². The van der Waals surface area contributed by atoms with Crippen LogP contribution >= 0.6 is 0 Å². The fraction of sp³-hybridized carbons (Fsp3) is 0.269. The number of carbonyl (C=O) groups excluding carboxylic acids is 3. The van der Waals surface area contributed by atoms with Crippen LogP contribution in [0.3, 0.4) is 0 Å². The number of ether oxygens (including phenoxy) is 2. The molecular weight excluding hydrogens is 420 g/mol. The van der Waals surface area contributed by atoms with E-state index in [2.05, 4.69) is 4.90 Å². The van der Waals surface area contributed by atoms with Crippen LogP contribution in [0.4, 0.5) is 5.69 Å². The Morgan fingerprint density at radius 3 is 2.45 bits per heavy atom. The Balaban J connectivity index is 1.38. The monoisotopic (exact) mass is 444 g/mol. The molecule has 0 saturated carbocycles. The van der Waals surface area contributed by atoms with Gasteiger partial charge in [-0.2, -0.15) is 0 Å². The molecule has 0 aliphatic carbocycles. The molecule has 0 aromatic heterocycles. The summed E-state index contributed by atoms with van der Waals surface area (Å²) in [6.45, 7) is 4.64. The molecule has 0 unspecified atom stereocenters. The minimum absolute atomic E-state index is 0.00371. The van der Waals surface area contributed by atoms with Gasteiger partial charge < -0.3 is 14.4 Å². The molecule has 0 bridgehead atoms. The summed E-state index contributed by atoms with van der Waals surface area (Å²) in [5.74, 6) is -1.22. The second kappa shape index (κ2) is 8.67. The molecule has 5 rings (SSSR count). The Labute approximate surface area is 191 Å². The third kappa shape index (κ3) is 3.85. The summed E-state index contributed by atoms with van der Waals surface area (Å²) in [5.41, 5.74) is 3.37. The van der Waals surface area contributed by atoms with Crippen molar-refractivity contribution in [3.05, 3.63) is 76.9 Å². The molecule has 2 aliphatic heterocycles. The lowest BCUT2D eigenvalue weighted by molar-refractivity contribution is 0.0405. The zero-order valence-electron chi connectivity index (χ0n) is 18.4. The summed E-state index contributed by atoms with van der Waals surface area (Å²) in [4.78, 5) is 42.1. The highest BCUT2D eigenvalue weighted by Crippen LogP contribution is 2.36. The molecule has 168 valence electrons. The van der Waals surface area contributed by atoms with Crippen molar-refractivity contribution >= 4 is 34.2 Å². The van der Waals surface area contributed by atoms with E-state index in [-0.39, 0.29) is 25.0 Å². The van der Waals surface area contributed by atoms with Crippen molar-refractivity contribution in [1.29, 1.82) is 0 Å². The first-order valence-corrected chi connectivity index (χ1v) is 11.0. The number of rotatable bonds is 5. The molecule has 2 aliphatic rings. The summed E-state index contributed by atoms with van der Waals surface area (Å²) >= 11 is 0. The Kier molecular flexibility index (Phi) is 5.56. The number of morpholine rings is 1. The van der Waals surface area contributed by atoms with E-state index < -0.39 is 5.97 Å². The van der Waals surface area contributed by atoms with Crippen LogP contribution in [0, 0.1) is 6.92 Å². The predicted octanol–water partition coefficient (Wildman–Crippen LogP) is 3.44. The van der Waals surface area contributed by atoms with Gasteiger partial charge in [-0.25, -0.2) is 4.79 Å². The van der Waals surface area contributed by atoms with Gasteiger partial charge in [-0.3, -0.25) is 14.5 Å². The number of nitrogens with zero attached hydrogens (tertiary/aromatic N) is 2. The first-order chi connectivity index (χ1) is 16.0. The Morgan fingerprint density at radius 2 is 1.70 bits per heavy atom. The van der Waals surface area contributed by atoms with Gasteiger partial charge in [-0.05, 0) is 37.3 Å². The number of imide groups is 1. The van der Waals surface area contributed by atoms with E-state index >= 15 is 0 Å². The molecule has 7 heteroatoms. The highest BCUT2D eigenvalue weighted by Gasteiger charge is 2.33. The van der Waals surface area contributed by atoms with Crippen molar-refractivity contribution in [3.8, 4) is 0 Å². The van der Waals surface area contributed by atoms with Crippen LogP contribution in [-0.4, -0.2) is 62.1 Å². The van der Waals surface area contributed by atoms with Crippen molar-refractivity contribution in [2.75, 3.05) is 44.4 Å². The molecule has 0 N–H and O–H groups in total. The van der Waals surface area contributed by atoms with Crippen LogP contribution in [0.5, 0.6) is 0 Å². The van der Waals surface area contributed by atoms with E-state index in [0.717, 1.165) is 34.6 Å². The largest absolute Gasteiger partial charge is 0.460 e. The maximum Gasteiger partial charge on any atom is 0.338 e. The normalized spacial score (nSPS) is 15.8. The Hall–Kier alpha value is -3.71. The van der Waals surface area contributed by atoms with Gasteiger partial charge in [0.15, 0.2) is 0 Å². The van der Waals surface area contributed by atoms with Gasteiger partial charge in [-0.15, -0.1) is 0 Å². The average molecular weight is 444 g/mol. The van der Waals surface area contributed by atoms with Crippen molar-refractivity contribution in [2.24, 2.45) is 0 Å². The van der Waals surface area contributed by atoms with Crippen LogP contribution in [0.2, 0.25) is 0 Å². The lowest BCUT2D eigenvalue weighted by Gasteiger charge is -2.32. The third-order valence-electron chi connectivity index (χ3n) is 6.12. The second-order valence-corrected chi connectivity index (χ2v) is 8.23. The maximum atomic E-state index is 13.2. The second-order valence-electron chi connectivity index (χ2n) is 8.23. The lowest BCUT2D eigenvalue weighted by atomic mass is 9.92. The number of carbonyl (C=O) groups is 3. The Morgan fingerprint density at radius 1 is 0.970 bits per heavy atom. The number of benzene rings is 3. The smallest absolute Gasteiger partial charge is 0.338 e. The fourth-order valence-electron chi connectivity index (χ4n) is 4.50. The van der Waals surface area contributed by atoms with Gasteiger partial charge in [0.25, 0.3) is 11.8 Å². The lowest BCUT2D eigenvalue weighted by Crippen LogP contribution is -2.42. The third-order valence-corrected chi connectivity index (χ3v) is 6.12. The molecule has 0 atom stereocenters. The number of amides is 2. The summed E-state index contributed by atoms with van der Waals surface area (Å²) in [6.07, 6.45) is 0. The van der Waals surface area contributed by atoms with Crippen LogP contribution in [0.25, 0.3) is 10.8 Å². The van der Waals surface area contributed by atoms with Gasteiger partial charge in [-0.1, -0.05) is 29.8 Å². The SMILES string of the molecule is Cc1cccc(C(=O)OCCN2C(=O)c3cccc4c(N5CCOCC5)ccc(c34)C2=O)c1. The van der Waals surface area contributed by atoms with Crippen molar-refractivity contribution < 1.29 is 23.9 Å². The van der Waals surface area contributed by atoms with Crippen LogP contribution in [0.1, 0.15) is 36.6 Å².